The minimum Gasteiger partial charge on any atom is -0.331 e. The molecule has 4 heteroatoms. The minimum atomic E-state index is -0.251. The molecule has 0 aliphatic rings. The Hall–Kier alpha value is -2.67. The van der Waals surface area contributed by atoms with Gasteiger partial charge in [-0.1, -0.05) is 18.2 Å². The summed E-state index contributed by atoms with van der Waals surface area (Å²) in [6, 6.07) is 14.2. The maximum absolute atomic E-state index is 13.2. The normalized spacial score (nSPS) is 10.7. The smallest absolute Gasteiger partial charge is 0.123 e. The van der Waals surface area contributed by atoms with E-state index in [9.17, 15) is 4.39 Å². The molecule has 0 fully saturated rings. The first-order valence-electron chi connectivity index (χ1n) is 6.28. The summed E-state index contributed by atoms with van der Waals surface area (Å²) < 4.78 is 15.2. The van der Waals surface area contributed by atoms with E-state index in [4.69, 9.17) is 5.26 Å². The minimum absolute atomic E-state index is 0.251. The van der Waals surface area contributed by atoms with Crippen LogP contribution in [0.25, 0.3) is 11.0 Å². The summed E-state index contributed by atoms with van der Waals surface area (Å²) in [4.78, 5) is 4.53. The molecule has 98 valence electrons. The number of benzene rings is 2. The molecule has 0 aliphatic heterocycles. The number of hydrogen-bond acceptors (Lipinski definition) is 2. The average molecular weight is 265 g/mol. The van der Waals surface area contributed by atoms with Gasteiger partial charge in [0.1, 0.15) is 23.2 Å². The number of rotatable bonds is 2. The molecular weight excluding hydrogens is 253 g/mol. The summed E-state index contributed by atoms with van der Waals surface area (Å²) in [5.41, 5.74) is 3.03. The van der Waals surface area contributed by atoms with Gasteiger partial charge in [0.25, 0.3) is 0 Å². The third-order valence-corrected chi connectivity index (χ3v) is 3.38. The van der Waals surface area contributed by atoms with Crippen LogP contribution >= 0.6 is 0 Å². The molecule has 0 bridgehead atoms. The molecule has 3 aromatic rings. The molecule has 0 spiro atoms. The van der Waals surface area contributed by atoms with Crippen LogP contribution in [0.15, 0.2) is 42.5 Å². The van der Waals surface area contributed by atoms with E-state index in [1.165, 1.54) is 12.1 Å². The summed E-state index contributed by atoms with van der Waals surface area (Å²) in [5, 5.41) is 9.11. The van der Waals surface area contributed by atoms with Crippen LogP contribution in [0.3, 0.4) is 0 Å². The van der Waals surface area contributed by atoms with Crippen LogP contribution in [-0.2, 0) is 13.5 Å². The number of halogens is 1. The van der Waals surface area contributed by atoms with Crippen molar-refractivity contribution < 1.29 is 4.39 Å². The van der Waals surface area contributed by atoms with Gasteiger partial charge in [-0.25, -0.2) is 9.37 Å². The zero-order chi connectivity index (χ0) is 14.1. The van der Waals surface area contributed by atoms with Crippen molar-refractivity contribution in [2.45, 2.75) is 6.42 Å². The average Bonchev–Trinajstić information content (AvgIpc) is 2.76. The van der Waals surface area contributed by atoms with Gasteiger partial charge in [-0.2, -0.15) is 5.26 Å². The van der Waals surface area contributed by atoms with Crippen LogP contribution in [-0.4, -0.2) is 9.55 Å². The summed E-state index contributed by atoms with van der Waals surface area (Å²) in [6.45, 7) is 0. The molecule has 3 nitrogen and oxygen atoms in total. The van der Waals surface area contributed by atoms with Crippen molar-refractivity contribution >= 4 is 11.0 Å². The Kier molecular flexibility index (Phi) is 2.96. The SMILES string of the molecule is Cn1c(Cc2cccc(F)c2)nc2c(C#N)cccc21. The van der Waals surface area contributed by atoms with Crippen molar-refractivity contribution in [1.29, 1.82) is 5.26 Å². The third kappa shape index (κ3) is 2.04. The number of para-hydroxylation sites is 1. The Morgan fingerprint density at radius 3 is 2.80 bits per heavy atom. The molecule has 0 N–H and O–H groups in total. The highest BCUT2D eigenvalue weighted by Gasteiger charge is 2.11. The van der Waals surface area contributed by atoms with Crippen LogP contribution in [0.5, 0.6) is 0 Å². The highest BCUT2D eigenvalue weighted by Crippen LogP contribution is 2.20. The van der Waals surface area contributed by atoms with Gasteiger partial charge in [0.15, 0.2) is 0 Å². The number of fused-ring (bicyclic) bond motifs is 1. The molecule has 1 aromatic heterocycles. The van der Waals surface area contributed by atoms with Crippen molar-refractivity contribution in [3.63, 3.8) is 0 Å². The van der Waals surface area contributed by atoms with Crippen LogP contribution < -0.4 is 0 Å². The fourth-order valence-corrected chi connectivity index (χ4v) is 2.34. The molecule has 1 heterocycles. The summed E-state index contributed by atoms with van der Waals surface area (Å²) in [7, 11) is 1.91. The molecule has 0 saturated carbocycles. The second-order valence-corrected chi connectivity index (χ2v) is 4.68. The van der Waals surface area contributed by atoms with Gasteiger partial charge in [-0.05, 0) is 29.8 Å². The molecule has 2 aromatic carbocycles. The number of nitriles is 1. The maximum Gasteiger partial charge on any atom is 0.123 e. The van der Waals surface area contributed by atoms with Crippen LogP contribution in [0.2, 0.25) is 0 Å². The second-order valence-electron chi connectivity index (χ2n) is 4.68. The predicted molar refractivity (Wildman–Crippen MR) is 74.6 cm³/mol. The summed E-state index contributed by atoms with van der Waals surface area (Å²) in [5.74, 6) is 0.562. The van der Waals surface area contributed by atoms with Crippen molar-refractivity contribution in [2.75, 3.05) is 0 Å². The van der Waals surface area contributed by atoms with E-state index in [0.29, 0.717) is 17.5 Å². The molecule has 0 saturated heterocycles. The Labute approximate surface area is 115 Å². The van der Waals surface area contributed by atoms with Crippen LogP contribution in [0.4, 0.5) is 4.39 Å². The number of hydrogen-bond donors (Lipinski definition) is 0. The topological polar surface area (TPSA) is 41.6 Å². The molecule has 0 radical (unpaired) electrons. The highest BCUT2D eigenvalue weighted by atomic mass is 19.1. The van der Waals surface area contributed by atoms with E-state index in [-0.39, 0.29) is 5.82 Å². The van der Waals surface area contributed by atoms with E-state index in [1.54, 1.807) is 12.1 Å². The Bertz CT molecular complexity index is 827. The largest absolute Gasteiger partial charge is 0.331 e. The fraction of sp³-hybridized carbons (Fsp3) is 0.125. The van der Waals surface area contributed by atoms with E-state index < -0.39 is 0 Å². The van der Waals surface area contributed by atoms with Gasteiger partial charge in [0.05, 0.1) is 11.1 Å². The molecule has 0 atom stereocenters. The van der Waals surface area contributed by atoms with Gasteiger partial charge in [-0.3, -0.25) is 0 Å². The van der Waals surface area contributed by atoms with E-state index in [1.807, 2.05) is 29.8 Å². The Morgan fingerprint density at radius 1 is 1.25 bits per heavy atom. The monoisotopic (exact) mass is 265 g/mol. The van der Waals surface area contributed by atoms with Gasteiger partial charge >= 0.3 is 0 Å². The van der Waals surface area contributed by atoms with Crippen molar-refractivity contribution in [1.82, 2.24) is 9.55 Å². The first-order chi connectivity index (χ1) is 9.69. The number of nitrogens with zero attached hydrogens (tertiary/aromatic N) is 3. The van der Waals surface area contributed by atoms with E-state index in [2.05, 4.69) is 11.1 Å². The first-order valence-corrected chi connectivity index (χ1v) is 6.28. The lowest BCUT2D eigenvalue weighted by Gasteiger charge is -2.02. The van der Waals surface area contributed by atoms with E-state index in [0.717, 1.165) is 16.9 Å². The molecule has 0 amide bonds. The zero-order valence-electron chi connectivity index (χ0n) is 11.0. The fourth-order valence-electron chi connectivity index (χ4n) is 2.34. The van der Waals surface area contributed by atoms with Crippen LogP contribution in [0.1, 0.15) is 17.0 Å². The van der Waals surface area contributed by atoms with Gasteiger partial charge in [0.2, 0.25) is 0 Å². The molecule has 0 aliphatic carbocycles. The standard InChI is InChI=1S/C16H12FN3/c1-20-14-7-3-5-12(10-18)16(14)19-15(20)9-11-4-2-6-13(17)8-11/h2-8H,9H2,1H3. The highest BCUT2D eigenvalue weighted by molar-refractivity contribution is 5.82. The van der Waals surface area contributed by atoms with Gasteiger partial charge in [0, 0.05) is 13.5 Å². The lowest BCUT2D eigenvalue weighted by molar-refractivity contribution is 0.625. The lowest BCUT2D eigenvalue weighted by atomic mass is 10.1. The predicted octanol–water partition coefficient (Wildman–Crippen LogP) is 3.17. The van der Waals surface area contributed by atoms with Gasteiger partial charge in [-0.15, -0.1) is 0 Å². The van der Waals surface area contributed by atoms with E-state index >= 15 is 0 Å². The zero-order valence-corrected chi connectivity index (χ0v) is 11.0. The second kappa shape index (κ2) is 4.78. The summed E-state index contributed by atoms with van der Waals surface area (Å²) >= 11 is 0. The Morgan fingerprint density at radius 2 is 2.05 bits per heavy atom. The van der Waals surface area contributed by atoms with Crippen molar-refractivity contribution in [2.24, 2.45) is 7.05 Å². The van der Waals surface area contributed by atoms with Crippen LogP contribution in [0, 0.1) is 17.1 Å². The number of imidazole rings is 1. The lowest BCUT2D eigenvalue weighted by Crippen LogP contribution is -1.99. The molecule has 0 unspecified atom stereocenters. The molecule has 3 rings (SSSR count). The quantitative estimate of drug-likeness (QED) is 0.714. The van der Waals surface area contributed by atoms with Crippen molar-refractivity contribution in [3.05, 3.63) is 65.2 Å². The number of aromatic nitrogens is 2. The molecule has 20 heavy (non-hydrogen) atoms. The Balaban J connectivity index is 2.09. The van der Waals surface area contributed by atoms with Gasteiger partial charge < -0.3 is 4.57 Å². The molecular formula is C16H12FN3. The first kappa shape index (κ1) is 12.4. The third-order valence-electron chi connectivity index (χ3n) is 3.38. The number of aryl methyl sites for hydroxylation is 1. The maximum atomic E-state index is 13.2. The van der Waals surface area contributed by atoms with Crippen molar-refractivity contribution in [3.8, 4) is 6.07 Å². The summed E-state index contributed by atoms with van der Waals surface area (Å²) in [6.07, 6.45) is 0.536.